The van der Waals surface area contributed by atoms with E-state index in [1.807, 2.05) is 0 Å². The van der Waals surface area contributed by atoms with Crippen molar-refractivity contribution in [1.29, 1.82) is 0 Å². The molecule has 0 bridgehead atoms. The number of benzene rings is 2. The fraction of sp³-hybridized carbons (Fsp3) is 0.250. The van der Waals surface area contributed by atoms with Crippen molar-refractivity contribution in [3.05, 3.63) is 68.9 Å². The molecular formula is C16H18BrFN2. The Kier molecular flexibility index (Phi) is 4.91. The zero-order chi connectivity index (χ0) is 14.7. The van der Waals surface area contributed by atoms with Crippen LogP contribution in [0.15, 0.2) is 40.9 Å². The summed E-state index contributed by atoms with van der Waals surface area (Å²) < 4.78 is 13.9. The zero-order valence-corrected chi connectivity index (χ0v) is 13.2. The first-order valence-corrected chi connectivity index (χ1v) is 7.27. The van der Waals surface area contributed by atoms with Crippen LogP contribution in [0.1, 0.15) is 28.3 Å². The molecule has 0 saturated carbocycles. The molecule has 0 aromatic heterocycles. The lowest BCUT2D eigenvalue weighted by Gasteiger charge is -2.19. The molecule has 0 heterocycles. The fourth-order valence-electron chi connectivity index (χ4n) is 2.28. The summed E-state index contributed by atoms with van der Waals surface area (Å²) in [5, 5.41) is 0. The van der Waals surface area contributed by atoms with E-state index in [1.165, 1.54) is 28.8 Å². The Morgan fingerprint density at radius 3 is 2.60 bits per heavy atom. The van der Waals surface area contributed by atoms with Gasteiger partial charge in [0.25, 0.3) is 0 Å². The third-order valence-corrected chi connectivity index (χ3v) is 4.15. The first kappa shape index (κ1) is 15.2. The third kappa shape index (κ3) is 3.45. The van der Waals surface area contributed by atoms with Crippen molar-refractivity contribution < 1.29 is 4.39 Å². The van der Waals surface area contributed by atoms with E-state index in [4.69, 9.17) is 5.84 Å². The van der Waals surface area contributed by atoms with Crippen molar-refractivity contribution in [1.82, 2.24) is 5.43 Å². The SMILES string of the molecule is Cc1ccc(C)c(CC(NN)c2ccc(F)cc2Br)c1. The maximum atomic E-state index is 13.2. The van der Waals surface area contributed by atoms with Crippen LogP contribution in [-0.2, 0) is 6.42 Å². The monoisotopic (exact) mass is 336 g/mol. The van der Waals surface area contributed by atoms with Crippen molar-refractivity contribution in [3.8, 4) is 0 Å². The van der Waals surface area contributed by atoms with E-state index < -0.39 is 0 Å². The van der Waals surface area contributed by atoms with Gasteiger partial charge in [-0.2, -0.15) is 0 Å². The lowest BCUT2D eigenvalue weighted by Crippen LogP contribution is -2.30. The first-order chi connectivity index (χ1) is 9.51. The summed E-state index contributed by atoms with van der Waals surface area (Å²) in [6.07, 6.45) is 0.758. The molecular weight excluding hydrogens is 319 g/mol. The minimum Gasteiger partial charge on any atom is -0.271 e. The van der Waals surface area contributed by atoms with Gasteiger partial charge >= 0.3 is 0 Å². The third-order valence-electron chi connectivity index (χ3n) is 3.47. The Hall–Kier alpha value is -1.23. The van der Waals surface area contributed by atoms with Gasteiger partial charge in [-0.05, 0) is 49.1 Å². The molecule has 0 amide bonds. The molecule has 20 heavy (non-hydrogen) atoms. The number of nitrogens with one attached hydrogen (secondary N) is 1. The Balaban J connectivity index is 2.31. The van der Waals surface area contributed by atoms with Gasteiger partial charge < -0.3 is 0 Å². The predicted molar refractivity (Wildman–Crippen MR) is 83.8 cm³/mol. The molecule has 4 heteroatoms. The van der Waals surface area contributed by atoms with Crippen LogP contribution in [0.5, 0.6) is 0 Å². The Morgan fingerprint density at radius 2 is 1.95 bits per heavy atom. The topological polar surface area (TPSA) is 38.0 Å². The quantitative estimate of drug-likeness (QED) is 0.655. The molecule has 0 aliphatic carbocycles. The maximum Gasteiger partial charge on any atom is 0.124 e. The van der Waals surface area contributed by atoms with Gasteiger partial charge in [0, 0.05) is 4.47 Å². The average molecular weight is 337 g/mol. The van der Waals surface area contributed by atoms with Crippen molar-refractivity contribution in [2.75, 3.05) is 0 Å². The molecule has 106 valence electrons. The van der Waals surface area contributed by atoms with Crippen molar-refractivity contribution in [2.45, 2.75) is 26.3 Å². The number of halogens is 2. The smallest absolute Gasteiger partial charge is 0.124 e. The number of nitrogens with two attached hydrogens (primary N) is 1. The van der Waals surface area contributed by atoms with E-state index in [1.54, 1.807) is 6.07 Å². The minimum absolute atomic E-state index is 0.0644. The van der Waals surface area contributed by atoms with Crippen LogP contribution in [0.4, 0.5) is 4.39 Å². The summed E-state index contributed by atoms with van der Waals surface area (Å²) in [5.41, 5.74) is 7.47. The molecule has 2 rings (SSSR count). The van der Waals surface area contributed by atoms with E-state index in [2.05, 4.69) is 53.4 Å². The second-order valence-electron chi connectivity index (χ2n) is 5.02. The second-order valence-corrected chi connectivity index (χ2v) is 5.87. The molecule has 0 spiro atoms. The van der Waals surface area contributed by atoms with Gasteiger partial charge in [0.15, 0.2) is 0 Å². The van der Waals surface area contributed by atoms with E-state index in [9.17, 15) is 4.39 Å². The van der Waals surface area contributed by atoms with Crippen LogP contribution >= 0.6 is 15.9 Å². The van der Waals surface area contributed by atoms with E-state index in [0.717, 1.165) is 16.5 Å². The van der Waals surface area contributed by atoms with E-state index >= 15 is 0 Å². The summed E-state index contributed by atoms with van der Waals surface area (Å²) in [5.74, 6) is 5.42. The summed E-state index contributed by atoms with van der Waals surface area (Å²) in [7, 11) is 0. The van der Waals surface area contributed by atoms with Gasteiger partial charge in [-0.15, -0.1) is 0 Å². The van der Waals surface area contributed by atoms with Gasteiger partial charge in [-0.3, -0.25) is 11.3 Å². The normalized spacial score (nSPS) is 12.4. The standard InChI is InChI=1S/C16H18BrFN2/c1-10-3-4-11(2)12(7-10)8-16(20-19)14-6-5-13(18)9-15(14)17/h3-7,9,16,20H,8,19H2,1-2H3. The molecule has 0 saturated heterocycles. The second kappa shape index (κ2) is 6.48. The maximum absolute atomic E-state index is 13.2. The molecule has 1 atom stereocenters. The van der Waals surface area contributed by atoms with E-state index in [0.29, 0.717) is 0 Å². The lowest BCUT2D eigenvalue weighted by atomic mass is 9.95. The number of aryl methyl sites for hydroxylation is 2. The molecule has 0 aliphatic heterocycles. The lowest BCUT2D eigenvalue weighted by molar-refractivity contribution is 0.546. The molecule has 0 fully saturated rings. The highest BCUT2D eigenvalue weighted by molar-refractivity contribution is 9.10. The van der Waals surface area contributed by atoms with Gasteiger partial charge in [0.05, 0.1) is 6.04 Å². The molecule has 2 aromatic carbocycles. The van der Waals surface area contributed by atoms with Crippen LogP contribution in [0, 0.1) is 19.7 Å². The van der Waals surface area contributed by atoms with Gasteiger partial charge in [-0.25, -0.2) is 4.39 Å². The van der Waals surface area contributed by atoms with Crippen LogP contribution in [0.25, 0.3) is 0 Å². The van der Waals surface area contributed by atoms with E-state index in [-0.39, 0.29) is 11.9 Å². The molecule has 0 radical (unpaired) electrons. The summed E-state index contributed by atoms with van der Waals surface area (Å²) in [6.45, 7) is 4.16. The highest BCUT2D eigenvalue weighted by atomic mass is 79.9. The number of hydrogen-bond donors (Lipinski definition) is 2. The minimum atomic E-state index is -0.261. The Labute approximate surface area is 127 Å². The Bertz CT molecular complexity index is 613. The van der Waals surface area contributed by atoms with Crippen molar-refractivity contribution in [2.24, 2.45) is 5.84 Å². The Morgan fingerprint density at radius 1 is 1.20 bits per heavy atom. The van der Waals surface area contributed by atoms with Gasteiger partial charge in [0.2, 0.25) is 0 Å². The zero-order valence-electron chi connectivity index (χ0n) is 11.6. The van der Waals surface area contributed by atoms with Crippen molar-refractivity contribution in [3.63, 3.8) is 0 Å². The molecule has 3 N–H and O–H groups in total. The van der Waals surface area contributed by atoms with Gasteiger partial charge in [-0.1, -0.05) is 45.8 Å². The number of hydrogen-bond acceptors (Lipinski definition) is 2. The summed E-state index contributed by atoms with van der Waals surface area (Å²) in [6, 6.07) is 11.0. The molecule has 1 unspecified atom stereocenters. The fourth-order valence-corrected chi connectivity index (χ4v) is 2.91. The van der Waals surface area contributed by atoms with Crippen LogP contribution in [0.3, 0.4) is 0 Å². The largest absolute Gasteiger partial charge is 0.271 e. The molecule has 0 aliphatic rings. The number of hydrazine groups is 1. The van der Waals surface area contributed by atoms with Crippen molar-refractivity contribution >= 4 is 15.9 Å². The molecule has 2 nitrogen and oxygen atoms in total. The van der Waals surface area contributed by atoms with Crippen LogP contribution in [0.2, 0.25) is 0 Å². The highest BCUT2D eigenvalue weighted by Gasteiger charge is 2.15. The summed E-state index contributed by atoms with van der Waals surface area (Å²) in [4.78, 5) is 0. The summed E-state index contributed by atoms with van der Waals surface area (Å²) >= 11 is 3.40. The molecule has 2 aromatic rings. The number of rotatable bonds is 4. The van der Waals surface area contributed by atoms with Gasteiger partial charge in [0.1, 0.15) is 5.82 Å². The van der Waals surface area contributed by atoms with Crippen LogP contribution in [-0.4, -0.2) is 0 Å². The first-order valence-electron chi connectivity index (χ1n) is 6.48. The highest BCUT2D eigenvalue weighted by Crippen LogP contribution is 2.27. The average Bonchev–Trinajstić information content (AvgIpc) is 2.40. The predicted octanol–water partition coefficient (Wildman–Crippen LogP) is 3.95. The van der Waals surface area contributed by atoms with Crippen LogP contribution < -0.4 is 11.3 Å².